The first kappa shape index (κ1) is 9.65. The van der Waals surface area contributed by atoms with Gasteiger partial charge < -0.3 is 5.11 Å². The fourth-order valence-corrected chi connectivity index (χ4v) is 2.96. The maximum Gasteiger partial charge on any atom is 0.251 e. The van der Waals surface area contributed by atoms with Crippen molar-refractivity contribution in [2.45, 2.75) is 12.0 Å². The zero-order chi connectivity index (χ0) is 12.3. The van der Waals surface area contributed by atoms with E-state index in [1.54, 1.807) is 29.3 Å². The summed E-state index contributed by atoms with van der Waals surface area (Å²) in [6, 6.07) is 5.14. The van der Waals surface area contributed by atoms with Crippen molar-refractivity contribution in [3.05, 3.63) is 48.2 Å². The molecule has 0 aromatic heterocycles. The molecule has 3 aliphatic rings. The van der Waals surface area contributed by atoms with E-state index in [1.807, 2.05) is 12.1 Å². The maximum atomic E-state index is 12.1. The quantitative estimate of drug-likeness (QED) is 0.748. The smallest absolute Gasteiger partial charge is 0.251 e. The SMILES string of the molecule is O=C1C=CC2=NC=CC3c4ccc(O)cc4N1C23. The molecular formula is C14H10N2O2. The van der Waals surface area contributed by atoms with Gasteiger partial charge in [0.2, 0.25) is 0 Å². The molecule has 18 heavy (non-hydrogen) atoms. The van der Waals surface area contributed by atoms with Crippen molar-refractivity contribution in [3.63, 3.8) is 0 Å². The number of hydrogen-bond acceptors (Lipinski definition) is 3. The molecule has 4 nitrogen and oxygen atoms in total. The molecule has 1 N–H and O–H groups in total. The van der Waals surface area contributed by atoms with E-state index in [1.165, 1.54) is 6.08 Å². The van der Waals surface area contributed by atoms with Crippen molar-refractivity contribution in [2.24, 2.45) is 4.99 Å². The van der Waals surface area contributed by atoms with Gasteiger partial charge in [-0.3, -0.25) is 14.7 Å². The highest BCUT2D eigenvalue weighted by atomic mass is 16.3. The second kappa shape index (κ2) is 3.10. The molecule has 4 rings (SSSR count). The van der Waals surface area contributed by atoms with Crippen LogP contribution in [-0.2, 0) is 4.79 Å². The molecule has 0 saturated heterocycles. The summed E-state index contributed by atoms with van der Waals surface area (Å²) in [6.45, 7) is 0. The molecule has 0 spiro atoms. The minimum absolute atomic E-state index is 0.0516. The van der Waals surface area contributed by atoms with Crippen molar-refractivity contribution in [1.82, 2.24) is 0 Å². The zero-order valence-electron chi connectivity index (χ0n) is 9.45. The van der Waals surface area contributed by atoms with Crippen LogP contribution in [0.25, 0.3) is 0 Å². The highest BCUT2D eigenvalue weighted by molar-refractivity contribution is 6.19. The number of aromatic hydroxyl groups is 1. The topological polar surface area (TPSA) is 52.9 Å². The summed E-state index contributed by atoms with van der Waals surface area (Å²) in [5.74, 6) is 0.266. The molecule has 0 saturated carbocycles. The van der Waals surface area contributed by atoms with Crippen LogP contribution in [0.1, 0.15) is 11.5 Å². The van der Waals surface area contributed by atoms with Crippen molar-refractivity contribution in [1.29, 1.82) is 0 Å². The van der Waals surface area contributed by atoms with E-state index >= 15 is 0 Å². The summed E-state index contributed by atoms with van der Waals surface area (Å²) in [4.78, 5) is 18.1. The minimum Gasteiger partial charge on any atom is -0.508 e. The second-order valence-electron chi connectivity index (χ2n) is 4.65. The van der Waals surface area contributed by atoms with Crippen LogP contribution in [0.5, 0.6) is 5.75 Å². The number of phenols is 1. The molecule has 1 aromatic carbocycles. The second-order valence-corrected chi connectivity index (χ2v) is 4.65. The van der Waals surface area contributed by atoms with E-state index in [0.29, 0.717) is 0 Å². The number of anilines is 1. The van der Waals surface area contributed by atoms with Crippen LogP contribution in [0.15, 0.2) is 47.6 Å². The third-order valence-corrected chi connectivity index (χ3v) is 3.71. The number of aliphatic imine (C=N–C) groups is 1. The Morgan fingerprint density at radius 1 is 1.28 bits per heavy atom. The number of benzene rings is 1. The van der Waals surface area contributed by atoms with Gasteiger partial charge in [0, 0.05) is 24.3 Å². The van der Waals surface area contributed by atoms with E-state index < -0.39 is 0 Å². The number of hydrogen-bond donors (Lipinski definition) is 1. The molecule has 1 aromatic rings. The molecule has 2 unspecified atom stereocenters. The molecule has 0 aliphatic carbocycles. The minimum atomic E-state index is -0.0522. The highest BCUT2D eigenvalue weighted by Gasteiger charge is 2.44. The van der Waals surface area contributed by atoms with Gasteiger partial charge in [0.05, 0.1) is 17.4 Å². The van der Waals surface area contributed by atoms with E-state index in [4.69, 9.17) is 0 Å². The molecule has 2 atom stereocenters. The summed E-state index contributed by atoms with van der Waals surface area (Å²) < 4.78 is 0. The lowest BCUT2D eigenvalue weighted by Gasteiger charge is -2.31. The third-order valence-electron chi connectivity index (χ3n) is 3.71. The standard InChI is InChI=1S/C14H10N2O2/c17-8-1-2-9-10-5-6-15-11-3-4-13(18)16(14(10)11)12(9)7-8/h1-7,10,14,17H. The van der Waals surface area contributed by atoms with Gasteiger partial charge in [-0.15, -0.1) is 0 Å². The lowest BCUT2D eigenvalue weighted by molar-refractivity contribution is -0.114. The van der Waals surface area contributed by atoms with Gasteiger partial charge in [-0.2, -0.15) is 0 Å². The van der Waals surface area contributed by atoms with Crippen LogP contribution < -0.4 is 4.90 Å². The summed E-state index contributed by atoms with van der Waals surface area (Å²) in [5.41, 5.74) is 2.76. The summed E-state index contributed by atoms with van der Waals surface area (Å²) in [7, 11) is 0. The summed E-state index contributed by atoms with van der Waals surface area (Å²) in [6.07, 6.45) is 7.11. The Labute approximate surface area is 104 Å². The molecule has 0 bridgehead atoms. The van der Waals surface area contributed by atoms with Crippen molar-refractivity contribution < 1.29 is 9.90 Å². The molecule has 3 heterocycles. The maximum absolute atomic E-state index is 12.1. The lowest BCUT2D eigenvalue weighted by atomic mass is 9.89. The zero-order valence-corrected chi connectivity index (χ0v) is 9.45. The highest BCUT2D eigenvalue weighted by Crippen LogP contribution is 2.46. The Morgan fingerprint density at radius 2 is 2.17 bits per heavy atom. The number of phenolic OH excluding ortho intramolecular Hbond substituents is 1. The molecule has 0 radical (unpaired) electrons. The Kier molecular flexibility index (Phi) is 1.66. The van der Waals surface area contributed by atoms with Gasteiger partial charge >= 0.3 is 0 Å². The Balaban J connectivity index is 2.01. The summed E-state index contributed by atoms with van der Waals surface area (Å²) >= 11 is 0. The van der Waals surface area contributed by atoms with Crippen LogP contribution in [0.2, 0.25) is 0 Å². The van der Waals surface area contributed by atoms with Gasteiger partial charge in [0.1, 0.15) is 5.75 Å². The van der Waals surface area contributed by atoms with Crippen molar-refractivity contribution in [2.75, 3.05) is 4.90 Å². The molecule has 3 aliphatic heterocycles. The van der Waals surface area contributed by atoms with Gasteiger partial charge in [-0.25, -0.2) is 0 Å². The van der Waals surface area contributed by atoms with Crippen LogP contribution in [0.3, 0.4) is 0 Å². The van der Waals surface area contributed by atoms with Gasteiger partial charge in [-0.05, 0) is 17.7 Å². The van der Waals surface area contributed by atoms with E-state index in [2.05, 4.69) is 4.99 Å². The van der Waals surface area contributed by atoms with Gasteiger partial charge in [0.15, 0.2) is 0 Å². The summed E-state index contributed by atoms with van der Waals surface area (Å²) in [5, 5.41) is 9.61. The van der Waals surface area contributed by atoms with Gasteiger partial charge in [-0.1, -0.05) is 12.1 Å². The van der Waals surface area contributed by atoms with E-state index in [-0.39, 0.29) is 23.6 Å². The van der Waals surface area contributed by atoms with Crippen LogP contribution in [0, 0.1) is 0 Å². The predicted octanol–water partition coefficient (Wildman–Crippen LogP) is 1.73. The van der Waals surface area contributed by atoms with E-state index in [9.17, 15) is 9.90 Å². The first-order valence-electron chi connectivity index (χ1n) is 5.84. The molecule has 0 fully saturated rings. The van der Waals surface area contributed by atoms with Crippen molar-refractivity contribution in [3.8, 4) is 5.75 Å². The largest absolute Gasteiger partial charge is 0.508 e. The predicted molar refractivity (Wildman–Crippen MR) is 67.8 cm³/mol. The molecule has 4 heteroatoms. The number of amides is 1. The number of carbonyl (C=O) groups excluding carboxylic acids is 1. The molecular weight excluding hydrogens is 228 g/mol. The molecule has 88 valence electrons. The first-order valence-corrected chi connectivity index (χ1v) is 5.84. The van der Waals surface area contributed by atoms with Crippen LogP contribution in [-0.4, -0.2) is 22.8 Å². The third kappa shape index (κ3) is 1.05. The fraction of sp³-hybridized carbons (Fsp3) is 0.143. The van der Waals surface area contributed by atoms with Crippen LogP contribution in [0.4, 0.5) is 5.69 Å². The Hall–Kier alpha value is -2.36. The normalized spacial score (nSPS) is 27.0. The van der Waals surface area contributed by atoms with Gasteiger partial charge in [0.25, 0.3) is 5.91 Å². The Morgan fingerprint density at radius 3 is 3.06 bits per heavy atom. The monoisotopic (exact) mass is 238 g/mol. The number of fused-ring (bicyclic) bond motifs is 3. The fourth-order valence-electron chi connectivity index (χ4n) is 2.96. The average molecular weight is 238 g/mol. The number of nitrogens with zero attached hydrogens (tertiary/aromatic N) is 2. The number of rotatable bonds is 0. The first-order chi connectivity index (χ1) is 8.75. The Bertz CT molecular complexity index is 658. The lowest BCUT2D eigenvalue weighted by Crippen LogP contribution is -2.46. The molecule has 1 amide bonds. The van der Waals surface area contributed by atoms with Crippen molar-refractivity contribution >= 4 is 17.3 Å². The van der Waals surface area contributed by atoms with Crippen LogP contribution >= 0.6 is 0 Å². The average Bonchev–Trinajstić information content (AvgIpc) is 2.70. The van der Waals surface area contributed by atoms with E-state index in [0.717, 1.165) is 17.0 Å². The number of carbonyl (C=O) groups is 1.